The first-order valence-corrected chi connectivity index (χ1v) is 11.6. The number of hydrogen-bond donors (Lipinski definition) is 0. The molecular weight excluding hydrogens is 490 g/mol. The van der Waals surface area contributed by atoms with Gasteiger partial charge in [0.15, 0.2) is 17.5 Å². The Bertz CT molecular complexity index is 1400. The van der Waals surface area contributed by atoms with Crippen molar-refractivity contribution in [3.8, 4) is 22.3 Å². The molecule has 4 aromatic carbocycles. The fourth-order valence-electron chi connectivity index (χ4n) is 3.93. The Morgan fingerprint density at radius 3 is 1.78 bits per heavy atom. The summed E-state index contributed by atoms with van der Waals surface area (Å²) >= 11 is 0. The molecule has 0 aliphatic heterocycles. The lowest BCUT2D eigenvalue weighted by atomic mass is 9.97. The highest BCUT2D eigenvalue weighted by Crippen LogP contribution is 2.30. The molecule has 0 aromatic heterocycles. The summed E-state index contributed by atoms with van der Waals surface area (Å²) in [6, 6.07) is 18.4. The molecule has 1 nitrogen and oxygen atoms in total. The second-order valence-corrected chi connectivity index (χ2v) is 8.36. The fourth-order valence-corrected chi connectivity index (χ4v) is 3.93. The van der Waals surface area contributed by atoms with Gasteiger partial charge in [-0.15, -0.1) is 0 Å². The molecule has 0 aliphatic rings. The van der Waals surface area contributed by atoms with E-state index in [-0.39, 0.29) is 12.2 Å². The highest BCUT2D eigenvalue weighted by atomic mass is 19.2. The molecule has 0 heterocycles. The van der Waals surface area contributed by atoms with Crippen LogP contribution in [-0.4, -0.2) is 6.61 Å². The molecule has 0 fully saturated rings. The lowest BCUT2D eigenvalue weighted by Gasteiger charge is -2.09. The highest BCUT2D eigenvalue weighted by molar-refractivity contribution is 5.72. The average molecular weight is 512 g/mol. The van der Waals surface area contributed by atoms with E-state index in [0.29, 0.717) is 40.7 Å². The molecule has 0 N–H and O–H groups in total. The van der Waals surface area contributed by atoms with Crippen LogP contribution in [0.5, 0.6) is 0 Å². The summed E-state index contributed by atoms with van der Waals surface area (Å²) in [5.74, 6) is -5.49. The maximum absolute atomic E-state index is 15.0. The molecule has 7 heteroatoms. The van der Waals surface area contributed by atoms with Crippen molar-refractivity contribution in [1.29, 1.82) is 0 Å². The Morgan fingerprint density at radius 2 is 1.19 bits per heavy atom. The van der Waals surface area contributed by atoms with Gasteiger partial charge in [-0.25, -0.2) is 17.6 Å². The van der Waals surface area contributed by atoms with E-state index in [4.69, 9.17) is 0 Å². The number of rotatable bonds is 8. The van der Waals surface area contributed by atoms with Crippen LogP contribution in [0.4, 0.5) is 26.3 Å². The third-order valence-electron chi connectivity index (χ3n) is 5.90. The Labute approximate surface area is 210 Å². The second kappa shape index (κ2) is 11.4. The van der Waals surface area contributed by atoms with Gasteiger partial charge in [-0.1, -0.05) is 60.7 Å². The van der Waals surface area contributed by atoms with Gasteiger partial charge in [-0.2, -0.15) is 8.78 Å². The van der Waals surface area contributed by atoms with Crippen molar-refractivity contribution in [3.63, 3.8) is 0 Å². The standard InChI is InChI=1S/C30H22F6O/c1-2-37-30(36)28(34)22-11-9-20(10-12-22)23-13-14-24(25(31)17-23)21-7-5-18(6-8-21)3-4-19-15-26(32)29(35)27(33)16-19/h5-17H,2-4H2,1H3. The summed E-state index contributed by atoms with van der Waals surface area (Å²) in [6.07, 6.45) is 0.778. The topological polar surface area (TPSA) is 9.23 Å². The molecule has 37 heavy (non-hydrogen) atoms. The summed E-state index contributed by atoms with van der Waals surface area (Å²) < 4.78 is 87.0. The smallest absolute Gasteiger partial charge is 0.309 e. The largest absolute Gasteiger partial charge is 0.469 e. The average Bonchev–Trinajstić information content (AvgIpc) is 2.90. The van der Waals surface area contributed by atoms with Gasteiger partial charge in [-0.3, -0.25) is 0 Å². The molecule has 0 saturated carbocycles. The Morgan fingerprint density at radius 1 is 0.622 bits per heavy atom. The summed E-state index contributed by atoms with van der Waals surface area (Å²) in [5, 5.41) is 0. The number of aryl methyl sites for hydroxylation is 2. The molecule has 190 valence electrons. The van der Waals surface area contributed by atoms with Crippen LogP contribution in [0.3, 0.4) is 0 Å². The zero-order valence-electron chi connectivity index (χ0n) is 19.8. The maximum Gasteiger partial charge on any atom is 0.309 e. The first-order valence-electron chi connectivity index (χ1n) is 11.6. The van der Waals surface area contributed by atoms with Gasteiger partial charge in [0.2, 0.25) is 5.83 Å². The highest BCUT2D eigenvalue weighted by Gasteiger charge is 2.13. The minimum absolute atomic E-state index is 0.00410. The van der Waals surface area contributed by atoms with Crippen LogP contribution in [0.1, 0.15) is 23.6 Å². The molecule has 4 rings (SSSR count). The van der Waals surface area contributed by atoms with E-state index in [0.717, 1.165) is 17.7 Å². The van der Waals surface area contributed by atoms with E-state index < -0.39 is 35.1 Å². The summed E-state index contributed by atoms with van der Waals surface area (Å²) in [5.41, 5.74) is 3.44. The van der Waals surface area contributed by atoms with E-state index in [1.54, 1.807) is 55.5 Å². The minimum atomic E-state index is -1.49. The first-order chi connectivity index (χ1) is 17.8. The van der Waals surface area contributed by atoms with Crippen molar-refractivity contribution in [3.05, 3.63) is 125 Å². The number of ether oxygens (including phenoxy) is 1. The van der Waals surface area contributed by atoms with Crippen LogP contribution >= 0.6 is 0 Å². The van der Waals surface area contributed by atoms with Crippen LogP contribution < -0.4 is 0 Å². The Kier molecular flexibility index (Phi) is 8.01. The van der Waals surface area contributed by atoms with Gasteiger partial charge in [0.1, 0.15) is 5.82 Å². The summed E-state index contributed by atoms with van der Waals surface area (Å²) in [6.45, 7) is 1.55. The molecule has 0 spiro atoms. The van der Waals surface area contributed by atoms with E-state index in [2.05, 4.69) is 4.74 Å². The molecule has 0 radical (unpaired) electrons. The van der Waals surface area contributed by atoms with Crippen molar-refractivity contribution in [2.24, 2.45) is 0 Å². The zero-order valence-corrected chi connectivity index (χ0v) is 19.8. The number of hydrogen-bond acceptors (Lipinski definition) is 1. The van der Waals surface area contributed by atoms with E-state index in [1.165, 1.54) is 18.2 Å². The molecule has 4 aromatic rings. The van der Waals surface area contributed by atoms with Crippen LogP contribution in [0, 0.1) is 23.3 Å². The molecular formula is C30H22F6O. The molecule has 0 aliphatic carbocycles. The lowest BCUT2D eigenvalue weighted by Crippen LogP contribution is -1.97. The fraction of sp³-hybridized carbons (Fsp3) is 0.133. The minimum Gasteiger partial charge on any atom is -0.469 e. The van der Waals surface area contributed by atoms with Crippen molar-refractivity contribution in [2.75, 3.05) is 6.61 Å². The van der Waals surface area contributed by atoms with Gasteiger partial charge in [0.05, 0.1) is 6.61 Å². The van der Waals surface area contributed by atoms with Gasteiger partial charge in [-0.05, 0) is 65.8 Å². The molecule has 0 unspecified atom stereocenters. The van der Waals surface area contributed by atoms with Gasteiger partial charge in [0, 0.05) is 11.1 Å². The normalized spacial score (nSPS) is 11.9. The van der Waals surface area contributed by atoms with E-state index >= 15 is 0 Å². The van der Waals surface area contributed by atoms with Gasteiger partial charge in [0.25, 0.3) is 0 Å². The van der Waals surface area contributed by atoms with Crippen LogP contribution in [0.25, 0.3) is 28.1 Å². The zero-order chi connectivity index (χ0) is 26.5. The molecule has 0 amide bonds. The van der Waals surface area contributed by atoms with Gasteiger partial charge >= 0.3 is 6.01 Å². The van der Waals surface area contributed by atoms with Crippen LogP contribution in [0.15, 0.2) is 84.9 Å². The third kappa shape index (κ3) is 6.05. The van der Waals surface area contributed by atoms with Crippen molar-refractivity contribution in [2.45, 2.75) is 19.8 Å². The van der Waals surface area contributed by atoms with Crippen molar-refractivity contribution < 1.29 is 31.1 Å². The quantitative estimate of drug-likeness (QED) is 0.130. The SMILES string of the molecule is CCOC(F)=C(F)c1ccc(-c2ccc(-c3ccc(CCc4cc(F)c(F)c(F)c4)cc3)c(F)c2)cc1. The van der Waals surface area contributed by atoms with Crippen LogP contribution in [-0.2, 0) is 17.6 Å². The molecule has 0 saturated heterocycles. The van der Waals surface area contributed by atoms with E-state index in [1.807, 2.05) is 0 Å². The number of halogens is 6. The summed E-state index contributed by atoms with van der Waals surface area (Å²) in [7, 11) is 0. The van der Waals surface area contributed by atoms with Crippen molar-refractivity contribution in [1.82, 2.24) is 0 Å². The Hall–Kier alpha value is -4.00. The molecule has 0 bridgehead atoms. The van der Waals surface area contributed by atoms with Crippen molar-refractivity contribution >= 4 is 5.83 Å². The second-order valence-electron chi connectivity index (χ2n) is 8.36. The summed E-state index contributed by atoms with van der Waals surface area (Å²) in [4.78, 5) is 0. The number of benzene rings is 4. The predicted molar refractivity (Wildman–Crippen MR) is 132 cm³/mol. The van der Waals surface area contributed by atoms with Gasteiger partial charge < -0.3 is 4.74 Å². The predicted octanol–water partition coefficient (Wildman–Crippen LogP) is 8.96. The first kappa shape index (κ1) is 26.1. The lowest BCUT2D eigenvalue weighted by molar-refractivity contribution is 0.156. The monoisotopic (exact) mass is 512 g/mol. The molecule has 0 atom stereocenters. The van der Waals surface area contributed by atoms with E-state index in [9.17, 15) is 26.3 Å². The van der Waals surface area contributed by atoms with Crippen LogP contribution in [0.2, 0.25) is 0 Å². The maximum atomic E-state index is 15.0. The Balaban J connectivity index is 1.46. The third-order valence-corrected chi connectivity index (χ3v) is 5.90.